The normalized spacial score (nSPS) is 16.4. The average Bonchev–Trinajstić information content (AvgIpc) is 1.84. The Kier molecular flexibility index (Phi) is 3.19. The minimum absolute atomic E-state index is 0.350. The summed E-state index contributed by atoms with van der Waals surface area (Å²) < 4.78 is 4.33. The quantitative estimate of drug-likeness (QED) is 0.464. The van der Waals surface area contributed by atoms with E-state index in [2.05, 4.69) is 4.74 Å². The number of methoxy groups -OCH3 is 1. The highest BCUT2D eigenvalue weighted by Crippen LogP contribution is 1.86. The lowest BCUT2D eigenvalue weighted by atomic mass is 10.2. The second-order valence-corrected chi connectivity index (χ2v) is 1.91. The van der Waals surface area contributed by atoms with Crippen LogP contribution >= 0.6 is 0 Å². The van der Waals surface area contributed by atoms with Crippen molar-refractivity contribution in [3.05, 3.63) is 0 Å². The molecule has 4 nitrogen and oxygen atoms in total. The summed E-state index contributed by atoms with van der Waals surface area (Å²) in [5, 5.41) is 0. The third-order valence-electron chi connectivity index (χ3n) is 1.04. The fourth-order valence-corrected chi connectivity index (χ4v) is 0.351. The summed E-state index contributed by atoms with van der Waals surface area (Å²) in [6, 6.07) is -1.05. The van der Waals surface area contributed by atoms with E-state index in [0.29, 0.717) is 0 Å². The van der Waals surface area contributed by atoms with Crippen molar-refractivity contribution in [2.45, 2.75) is 19.0 Å². The zero-order valence-corrected chi connectivity index (χ0v) is 5.63. The first-order valence-corrected chi connectivity index (χ1v) is 2.68. The van der Waals surface area contributed by atoms with Crippen molar-refractivity contribution in [1.29, 1.82) is 0 Å². The topological polar surface area (TPSA) is 78.3 Å². The number of hydrogen-bond donors (Lipinski definition) is 2. The Hall–Kier alpha value is -0.610. The lowest BCUT2D eigenvalue weighted by molar-refractivity contribution is -0.142. The standard InChI is InChI=1S/C5H12N2O2/c1-3(6)4(7)5(8)9-2/h3-4H,6-7H2,1-2H3/t3-,4+/m1/s1. The number of ether oxygens (including phenoxy) is 1. The molecular weight excluding hydrogens is 120 g/mol. The van der Waals surface area contributed by atoms with Crippen LogP contribution in [-0.4, -0.2) is 25.2 Å². The van der Waals surface area contributed by atoms with Gasteiger partial charge in [-0.3, -0.25) is 4.79 Å². The second kappa shape index (κ2) is 3.42. The van der Waals surface area contributed by atoms with Gasteiger partial charge in [-0.2, -0.15) is 0 Å². The molecule has 0 aromatic carbocycles. The third kappa shape index (κ3) is 2.43. The summed E-state index contributed by atoms with van der Waals surface area (Å²) in [5.74, 6) is -0.468. The van der Waals surface area contributed by atoms with Crippen molar-refractivity contribution in [3.63, 3.8) is 0 Å². The van der Waals surface area contributed by atoms with E-state index in [-0.39, 0.29) is 6.04 Å². The van der Waals surface area contributed by atoms with E-state index < -0.39 is 12.0 Å². The van der Waals surface area contributed by atoms with Gasteiger partial charge in [-0.1, -0.05) is 0 Å². The molecule has 2 atom stereocenters. The Labute approximate surface area is 54.2 Å². The zero-order chi connectivity index (χ0) is 7.44. The van der Waals surface area contributed by atoms with E-state index in [4.69, 9.17) is 11.5 Å². The van der Waals surface area contributed by atoms with E-state index in [1.807, 2.05) is 0 Å². The lowest BCUT2D eigenvalue weighted by Crippen LogP contribution is -2.45. The van der Waals surface area contributed by atoms with Crippen molar-refractivity contribution in [2.24, 2.45) is 11.5 Å². The molecule has 0 radical (unpaired) electrons. The maximum absolute atomic E-state index is 10.5. The molecule has 0 aliphatic carbocycles. The molecule has 0 aliphatic heterocycles. The molecule has 4 heteroatoms. The number of nitrogens with two attached hydrogens (primary N) is 2. The largest absolute Gasteiger partial charge is 0.468 e. The van der Waals surface area contributed by atoms with Crippen LogP contribution in [0.15, 0.2) is 0 Å². The molecule has 54 valence electrons. The maximum Gasteiger partial charge on any atom is 0.324 e. The van der Waals surface area contributed by atoms with E-state index in [1.54, 1.807) is 6.92 Å². The number of esters is 1. The highest BCUT2D eigenvalue weighted by molar-refractivity contribution is 5.76. The number of rotatable bonds is 2. The van der Waals surface area contributed by atoms with E-state index in [9.17, 15) is 4.79 Å². The van der Waals surface area contributed by atoms with Gasteiger partial charge in [0, 0.05) is 6.04 Å². The van der Waals surface area contributed by atoms with Crippen molar-refractivity contribution < 1.29 is 9.53 Å². The molecule has 0 aliphatic rings. The zero-order valence-electron chi connectivity index (χ0n) is 5.63. The molecule has 4 N–H and O–H groups in total. The first kappa shape index (κ1) is 8.39. The van der Waals surface area contributed by atoms with Crippen LogP contribution in [0.1, 0.15) is 6.92 Å². The molecule has 0 aromatic rings. The Bertz CT molecular complexity index is 103. The van der Waals surface area contributed by atoms with Crippen LogP contribution in [0.5, 0.6) is 0 Å². The molecule has 0 amide bonds. The summed E-state index contributed by atoms with van der Waals surface area (Å²) in [6.45, 7) is 1.65. The van der Waals surface area contributed by atoms with E-state index >= 15 is 0 Å². The summed E-state index contributed by atoms with van der Waals surface area (Å²) >= 11 is 0. The van der Waals surface area contributed by atoms with Crippen LogP contribution in [0, 0.1) is 0 Å². The number of carbonyl (C=O) groups is 1. The summed E-state index contributed by atoms with van der Waals surface area (Å²) in [7, 11) is 1.28. The summed E-state index contributed by atoms with van der Waals surface area (Å²) in [5.41, 5.74) is 10.6. The predicted molar refractivity (Wildman–Crippen MR) is 33.6 cm³/mol. The monoisotopic (exact) mass is 132 g/mol. The molecule has 0 saturated carbocycles. The highest BCUT2D eigenvalue weighted by Gasteiger charge is 2.17. The van der Waals surface area contributed by atoms with E-state index in [1.165, 1.54) is 7.11 Å². The second-order valence-electron chi connectivity index (χ2n) is 1.91. The van der Waals surface area contributed by atoms with Gasteiger partial charge in [-0.15, -0.1) is 0 Å². The first-order chi connectivity index (χ1) is 4.09. The van der Waals surface area contributed by atoms with Crippen molar-refractivity contribution in [3.8, 4) is 0 Å². The van der Waals surface area contributed by atoms with Crippen LogP contribution < -0.4 is 11.5 Å². The van der Waals surface area contributed by atoms with Gasteiger partial charge in [-0.05, 0) is 6.92 Å². The average molecular weight is 132 g/mol. The van der Waals surface area contributed by atoms with Crippen LogP contribution in [0.4, 0.5) is 0 Å². The van der Waals surface area contributed by atoms with Gasteiger partial charge in [0.05, 0.1) is 7.11 Å². The van der Waals surface area contributed by atoms with Gasteiger partial charge in [0.15, 0.2) is 0 Å². The lowest BCUT2D eigenvalue weighted by Gasteiger charge is -2.11. The van der Waals surface area contributed by atoms with Gasteiger partial charge in [0.25, 0.3) is 0 Å². The Balaban J connectivity index is 3.72. The number of hydrogen-bond acceptors (Lipinski definition) is 4. The molecule has 0 fully saturated rings. The molecule has 9 heavy (non-hydrogen) atoms. The van der Waals surface area contributed by atoms with Crippen LogP contribution in [-0.2, 0) is 9.53 Å². The minimum Gasteiger partial charge on any atom is -0.468 e. The SMILES string of the molecule is COC(=O)[C@@H](N)[C@@H](C)N. The highest BCUT2D eigenvalue weighted by atomic mass is 16.5. The fraction of sp³-hybridized carbons (Fsp3) is 0.800. The Morgan fingerprint density at radius 1 is 1.56 bits per heavy atom. The van der Waals surface area contributed by atoms with Gasteiger partial charge < -0.3 is 16.2 Å². The van der Waals surface area contributed by atoms with Crippen LogP contribution in [0.25, 0.3) is 0 Å². The molecule has 0 saturated heterocycles. The number of carbonyl (C=O) groups excluding carboxylic acids is 1. The molecule has 0 heterocycles. The smallest absolute Gasteiger partial charge is 0.324 e. The van der Waals surface area contributed by atoms with Crippen molar-refractivity contribution in [2.75, 3.05) is 7.11 Å². The molecule has 0 bridgehead atoms. The van der Waals surface area contributed by atoms with Crippen molar-refractivity contribution >= 4 is 5.97 Å². The molecule has 0 spiro atoms. The Morgan fingerprint density at radius 2 is 2.00 bits per heavy atom. The third-order valence-corrected chi connectivity index (χ3v) is 1.04. The van der Waals surface area contributed by atoms with Crippen LogP contribution in [0.3, 0.4) is 0 Å². The summed E-state index contributed by atoms with van der Waals surface area (Å²) in [6.07, 6.45) is 0. The maximum atomic E-state index is 10.5. The van der Waals surface area contributed by atoms with Gasteiger partial charge >= 0.3 is 5.97 Å². The molecule has 0 aromatic heterocycles. The summed E-state index contributed by atoms with van der Waals surface area (Å²) in [4.78, 5) is 10.5. The molecule has 0 unspecified atom stereocenters. The van der Waals surface area contributed by atoms with Gasteiger partial charge in [-0.25, -0.2) is 0 Å². The first-order valence-electron chi connectivity index (χ1n) is 2.68. The van der Waals surface area contributed by atoms with Gasteiger partial charge in [0.2, 0.25) is 0 Å². The molecule has 0 rings (SSSR count). The minimum atomic E-state index is -0.699. The van der Waals surface area contributed by atoms with Gasteiger partial charge in [0.1, 0.15) is 6.04 Å². The van der Waals surface area contributed by atoms with Crippen LogP contribution in [0.2, 0.25) is 0 Å². The predicted octanol–water partition coefficient (Wildman–Crippen LogP) is -1.17. The van der Waals surface area contributed by atoms with Crippen molar-refractivity contribution in [1.82, 2.24) is 0 Å². The van der Waals surface area contributed by atoms with E-state index in [0.717, 1.165) is 0 Å². The molecular formula is C5H12N2O2. The fourth-order valence-electron chi connectivity index (χ4n) is 0.351. The Morgan fingerprint density at radius 3 is 2.11 bits per heavy atom.